The number of benzene rings is 3. The first kappa shape index (κ1) is 24.7. The first-order valence-corrected chi connectivity index (χ1v) is 13.5. The van der Waals surface area contributed by atoms with Crippen molar-refractivity contribution in [1.82, 2.24) is 4.90 Å². The third-order valence-electron chi connectivity index (χ3n) is 6.68. The van der Waals surface area contributed by atoms with Crippen LogP contribution in [-0.2, 0) is 14.6 Å². The molecule has 2 atom stereocenters. The molecule has 182 valence electrons. The van der Waals surface area contributed by atoms with Crippen molar-refractivity contribution in [2.45, 2.75) is 43.0 Å². The SMILES string of the molecule is CCS(=O)(=O)c1ccc(C(C(N)=O)c2ccc(C(=O)N3CCCCC3c3ccccc3)cc2)cc1. The predicted molar refractivity (Wildman–Crippen MR) is 136 cm³/mol. The van der Waals surface area contributed by atoms with Crippen LogP contribution >= 0.6 is 0 Å². The average Bonchev–Trinajstić information content (AvgIpc) is 2.89. The molecule has 1 heterocycles. The minimum absolute atomic E-state index is 0.00321. The number of rotatable bonds is 7. The molecule has 1 fully saturated rings. The molecule has 0 bridgehead atoms. The van der Waals surface area contributed by atoms with Gasteiger partial charge in [-0.15, -0.1) is 0 Å². The molecule has 6 nitrogen and oxygen atoms in total. The van der Waals surface area contributed by atoms with Gasteiger partial charge in [0, 0.05) is 12.1 Å². The lowest BCUT2D eigenvalue weighted by Gasteiger charge is -2.36. The molecule has 0 spiro atoms. The van der Waals surface area contributed by atoms with Gasteiger partial charge in [-0.2, -0.15) is 0 Å². The highest BCUT2D eigenvalue weighted by Gasteiger charge is 2.29. The number of carbonyl (C=O) groups excluding carboxylic acids is 2. The van der Waals surface area contributed by atoms with Gasteiger partial charge >= 0.3 is 0 Å². The second kappa shape index (κ2) is 10.4. The van der Waals surface area contributed by atoms with E-state index in [-0.39, 0.29) is 22.6 Å². The topological polar surface area (TPSA) is 97.5 Å². The van der Waals surface area contributed by atoms with E-state index < -0.39 is 21.7 Å². The Morgan fingerprint density at radius 3 is 2.09 bits per heavy atom. The summed E-state index contributed by atoms with van der Waals surface area (Å²) in [6.07, 6.45) is 2.99. The van der Waals surface area contributed by atoms with Crippen LogP contribution in [0.4, 0.5) is 0 Å². The molecule has 3 aromatic carbocycles. The molecule has 2 N–H and O–H groups in total. The fourth-order valence-corrected chi connectivity index (χ4v) is 5.62. The number of sulfone groups is 1. The summed E-state index contributed by atoms with van der Waals surface area (Å²) in [6, 6.07) is 23.4. The fraction of sp³-hybridized carbons (Fsp3) is 0.286. The van der Waals surface area contributed by atoms with Crippen molar-refractivity contribution in [3.63, 3.8) is 0 Å². The van der Waals surface area contributed by atoms with Crippen LogP contribution in [0.15, 0.2) is 83.8 Å². The third-order valence-corrected chi connectivity index (χ3v) is 8.43. The number of hydrogen-bond donors (Lipinski definition) is 1. The Morgan fingerprint density at radius 1 is 0.914 bits per heavy atom. The number of primary amides is 1. The maximum atomic E-state index is 13.4. The van der Waals surface area contributed by atoms with Gasteiger partial charge in [0.15, 0.2) is 9.84 Å². The van der Waals surface area contributed by atoms with Gasteiger partial charge in [-0.25, -0.2) is 8.42 Å². The maximum absolute atomic E-state index is 13.4. The summed E-state index contributed by atoms with van der Waals surface area (Å²) in [5.41, 5.74) is 8.67. The standard InChI is InChI=1S/C28H30N2O4S/c1-2-35(33,34)24-17-15-22(16-18-24)26(27(29)31)21-11-13-23(14-12-21)28(32)30-19-7-6-10-25(30)20-8-4-3-5-9-20/h3-5,8-9,11-18,25-26H,2,6-7,10,19H2,1H3,(H2,29,31). The van der Waals surface area contributed by atoms with Crippen molar-refractivity contribution in [3.8, 4) is 0 Å². The first-order valence-electron chi connectivity index (χ1n) is 11.9. The first-order chi connectivity index (χ1) is 16.8. The lowest BCUT2D eigenvalue weighted by Crippen LogP contribution is -2.38. The maximum Gasteiger partial charge on any atom is 0.254 e. The van der Waals surface area contributed by atoms with E-state index in [4.69, 9.17) is 5.73 Å². The highest BCUT2D eigenvalue weighted by molar-refractivity contribution is 7.91. The van der Waals surface area contributed by atoms with Gasteiger partial charge in [-0.3, -0.25) is 9.59 Å². The van der Waals surface area contributed by atoms with Crippen LogP contribution < -0.4 is 5.73 Å². The molecular weight excluding hydrogens is 460 g/mol. The predicted octanol–water partition coefficient (Wildman–Crippen LogP) is 4.46. The number of likely N-dealkylation sites (tertiary alicyclic amines) is 1. The van der Waals surface area contributed by atoms with Crippen LogP contribution in [0.3, 0.4) is 0 Å². The third kappa shape index (κ3) is 5.30. The van der Waals surface area contributed by atoms with Crippen LogP contribution in [0.25, 0.3) is 0 Å². The largest absolute Gasteiger partial charge is 0.369 e. The van der Waals surface area contributed by atoms with E-state index in [1.807, 2.05) is 23.1 Å². The van der Waals surface area contributed by atoms with Gasteiger partial charge in [0.25, 0.3) is 5.91 Å². The molecule has 0 radical (unpaired) electrons. The van der Waals surface area contributed by atoms with Gasteiger partial charge in [0.05, 0.1) is 22.6 Å². The summed E-state index contributed by atoms with van der Waals surface area (Å²) in [5.74, 6) is -1.32. The molecule has 1 aliphatic heterocycles. The minimum Gasteiger partial charge on any atom is -0.369 e. The van der Waals surface area contributed by atoms with Gasteiger partial charge in [0.1, 0.15) is 0 Å². The summed E-state index contributed by atoms with van der Waals surface area (Å²) >= 11 is 0. The summed E-state index contributed by atoms with van der Waals surface area (Å²) in [6.45, 7) is 2.29. The Labute approximate surface area is 206 Å². The van der Waals surface area contributed by atoms with Crippen LogP contribution in [-0.4, -0.2) is 37.4 Å². The van der Waals surface area contributed by atoms with Crippen molar-refractivity contribution < 1.29 is 18.0 Å². The molecule has 0 aliphatic carbocycles. The Balaban J connectivity index is 1.58. The fourth-order valence-electron chi connectivity index (χ4n) is 4.74. The Kier molecular flexibility index (Phi) is 7.36. The molecule has 7 heteroatoms. The van der Waals surface area contributed by atoms with E-state index >= 15 is 0 Å². The van der Waals surface area contributed by atoms with E-state index in [0.717, 1.165) is 24.8 Å². The van der Waals surface area contributed by atoms with E-state index in [0.29, 0.717) is 23.2 Å². The zero-order chi connectivity index (χ0) is 25.0. The quantitative estimate of drug-likeness (QED) is 0.529. The van der Waals surface area contributed by atoms with Gasteiger partial charge in [-0.05, 0) is 60.2 Å². The smallest absolute Gasteiger partial charge is 0.254 e. The van der Waals surface area contributed by atoms with Crippen LogP contribution in [0.2, 0.25) is 0 Å². The lowest BCUT2D eigenvalue weighted by molar-refractivity contribution is -0.118. The van der Waals surface area contributed by atoms with E-state index in [1.54, 1.807) is 43.3 Å². The Hall–Kier alpha value is -3.45. The second-order valence-electron chi connectivity index (χ2n) is 8.85. The van der Waals surface area contributed by atoms with Gasteiger partial charge < -0.3 is 10.6 Å². The summed E-state index contributed by atoms with van der Waals surface area (Å²) in [5, 5.41) is 0. The number of hydrogen-bond acceptors (Lipinski definition) is 4. The molecule has 2 amide bonds. The zero-order valence-electron chi connectivity index (χ0n) is 19.8. The van der Waals surface area contributed by atoms with Gasteiger partial charge in [-0.1, -0.05) is 61.5 Å². The normalized spacial score (nSPS) is 17.1. The molecule has 0 aromatic heterocycles. The van der Waals surface area contributed by atoms with Crippen molar-refractivity contribution in [3.05, 3.63) is 101 Å². The summed E-state index contributed by atoms with van der Waals surface area (Å²) < 4.78 is 24.2. The van der Waals surface area contributed by atoms with Crippen molar-refractivity contribution >= 4 is 21.7 Å². The van der Waals surface area contributed by atoms with E-state index in [9.17, 15) is 18.0 Å². The van der Waals surface area contributed by atoms with E-state index in [1.165, 1.54) is 12.1 Å². The molecular formula is C28H30N2O4S. The van der Waals surface area contributed by atoms with Crippen molar-refractivity contribution in [1.29, 1.82) is 0 Å². The molecule has 4 rings (SSSR count). The number of carbonyl (C=O) groups is 2. The van der Waals surface area contributed by atoms with Crippen molar-refractivity contribution in [2.75, 3.05) is 12.3 Å². The number of piperidine rings is 1. The molecule has 35 heavy (non-hydrogen) atoms. The van der Waals surface area contributed by atoms with Crippen molar-refractivity contribution in [2.24, 2.45) is 5.73 Å². The van der Waals surface area contributed by atoms with E-state index in [2.05, 4.69) is 12.1 Å². The number of nitrogens with two attached hydrogens (primary N) is 1. The molecule has 1 aliphatic rings. The zero-order valence-corrected chi connectivity index (χ0v) is 20.6. The van der Waals surface area contributed by atoms with Gasteiger partial charge in [0.2, 0.25) is 5.91 Å². The lowest BCUT2D eigenvalue weighted by atomic mass is 9.90. The summed E-state index contributed by atoms with van der Waals surface area (Å²) in [4.78, 5) is 27.9. The monoisotopic (exact) mass is 490 g/mol. The highest BCUT2D eigenvalue weighted by Crippen LogP contribution is 2.32. The molecule has 2 unspecified atom stereocenters. The number of nitrogens with zero attached hydrogens (tertiary/aromatic N) is 1. The van der Waals surface area contributed by atoms with Crippen LogP contribution in [0.5, 0.6) is 0 Å². The van der Waals surface area contributed by atoms with Crippen LogP contribution in [0, 0.1) is 0 Å². The minimum atomic E-state index is -3.33. The summed E-state index contributed by atoms with van der Waals surface area (Å²) in [7, 11) is -3.33. The molecule has 1 saturated heterocycles. The molecule has 0 saturated carbocycles. The van der Waals surface area contributed by atoms with Crippen LogP contribution in [0.1, 0.15) is 65.2 Å². The Bertz CT molecular complexity index is 1290. The second-order valence-corrected chi connectivity index (χ2v) is 11.1. The number of amides is 2. The Morgan fingerprint density at radius 2 is 1.51 bits per heavy atom. The molecule has 3 aromatic rings. The average molecular weight is 491 g/mol. The highest BCUT2D eigenvalue weighted by atomic mass is 32.2.